The van der Waals surface area contributed by atoms with Crippen LogP contribution < -0.4 is 9.47 Å². The molecule has 0 amide bonds. The van der Waals surface area contributed by atoms with Gasteiger partial charge in [0.15, 0.2) is 0 Å². The molecule has 7 heteroatoms. The third-order valence-corrected chi connectivity index (χ3v) is 4.63. The number of aliphatic hydroxyl groups is 3. The van der Waals surface area contributed by atoms with Crippen LogP contribution in [0.25, 0.3) is 11.1 Å². The molecule has 0 fully saturated rings. The molecule has 2 aromatic rings. The minimum absolute atomic E-state index is 0.0333. The minimum Gasteiger partial charge on any atom is -0.491 e. The molecule has 0 aliphatic heterocycles. The molecule has 2 rings (SSSR count). The number of halogens is 1. The van der Waals surface area contributed by atoms with Gasteiger partial charge >= 0.3 is 5.97 Å². The van der Waals surface area contributed by atoms with E-state index in [1.807, 2.05) is 13.8 Å². The molecule has 0 radical (unpaired) electrons. The van der Waals surface area contributed by atoms with Crippen molar-refractivity contribution in [3.63, 3.8) is 0 Å². The van der Waals surface area contributed by atoms with Crippen LogP contribution in [-0.4, -0.2) is 46.7 Å². The first-order valence-electron chi connectivity index (χ1n) is 10.1. The maximum atomic E-state index is 13.5. The van der Waals surface area contributed by atoms with Crippen molar-refractivity contribution >= 4 is 5.97 Å². The lowest BCUT2D eigenvalue weighted by Gasteiger charge is -2.20. The van der Waals surface area contributed by atoms with Crippen molar-refractivity contribution in [1.29, 1.82) is 0 Å². The van der Waals surface area contributed by atoms with E-state index in [0.29, 0.717) is 28.2 Å². The Hall–Kier alpha value is -2.74. The Morgan fingerprint density at radius 1 is 1.19 bits per heavy atom. The number of benzene rings is 2. The van der Waals surface area contributed by atoms with Gasteiger partial charge in [-0.25, -0.2) is 4.39 Å². The number of ether oxygens (including phenoxy) is 2. The van der Waals surface area contributed by atoms with E-state index in [1.165, 1.54) is 18.2 Å². The molecule has 0 aliphatic carbocycles. The highest BCUT2D eigenvalue weighted by molar-refractivity contribution is 5.80. The summed E-state index contributed by atoms with van der Waals surface area (Å²) < 4.78 is 24.7. The predicted molar refractivity (Wildman–Crippen MR) is 116 cm³/mol. The summed E-state index contributed by atoms with van der Waals surface area (Å²) in [4.78, 5) is 12.5. The normalized spacial score (nSPS) is 13.0. The standard InChI is InChI=1S/C24H29FO6/c1-4-18(27)11-19(28)12-23(29)31-24-21(15(2)3)13-20(30-10-9-26)14-22(24)16-5-7-17(25)8-6-16/h4-8,13-15,18-19,26-28H,1,9-12H2,2-3H3. The van der Waals surface area contributed by atoms with E-state index in [0.717, 1.165) is 0 Å². The van der Waals surface area contributed by atoms with Crippen molar-refractivity contribution in [2.24, 2.45) is 0 Å². The lowest BCUT2D eigenvalue weighted by molar-refractivity contribution is -0.136. The summed E-state index contributed by atoms with van der Waals surface area (Å²) >= 11 is 0. The van der Waals surface area contributed by atoms with Gasteiger partial charge in [0.25, 0.3) is 0 Å². The first-order valence-corrected chi connectivity index (χ1v) is 10.1. The maximum absolute atomic E-state index is 13.5. The van der Waals surface area contributed by atoms with Crippen molar-refractivity contribution in [2.45, 2.75) is 44.8 Å². The zero-order chi connectivity index (χ0) is 23.0. The van der Waals surface area contributed by atoms with Crippen molar-refractivity contribution in [3.05, 3.63) is 60.4 Å². The first kappa shape index (κ1) is 24.5. The quantitative estimate of drug-likeness (QED) is 0.285. The second-order valence-corrected chi connectivity index (χ2v) is 7.49. The minimum atomic E-state index is -1.09. The van der Waals surface area contributed by atoms with E-state index in [4.69, 9.17) is 14.6 Å². The molecular formula is C24H29FO6. The number of carbonyl (C=O) groups is 1. The highest BCUT2D eigenvalue weighted by Crippen LogP contribution is 2.41. The van der Waals surface area contributed by atoms with E-state index in [-0.39, 0.29) is 32.0 Å². The summed E-state index contributed by atoms with van der Waals surface area (Å²) in [7, 11) is 0. The number of aliphatic hydroxyl groups excluding tert-OH is 3. The predicted octanol–water partition coefficient (Wildman–Crippen LogP) is 3.58. The second-order valence-electron chi connectivity index (χ2n) is 7.49. The number of carbonyl (C=O) groups excluding carboxylic acids is 1. The molecule has 3 N–H and O–H groups in total. The fraction of sp³-hybridized carbons (Fsp3) is 0.375. The van der Waals surface area contributed by atoms with Gasteiger partial charge in [0.05, 0.1) is 25.2 Å². The number of rotatable bonds is 11. The van der Waals surface area contributed by atoms with Crippen molar-refractivity contribution in [1.82, 2.24) is 0 Å². The molecule has 168 valence electrons. The topological polar surface area (TPSA) is 96.2 Å². The fourth-order valence-corrected chi connectivity index (χ4v) is 3.06. The Balaban J connectivity index is 2.43. The van der Waals surface area contributed by atoms with Crippen LogP contribution in [0.5, 0.6) is 11.5 Å². The highest BCUT2D eigenvalue weighted by atomic mass is 19.1. The molecule has 2 unspecified atom stereocenters. The van der Waals surface area contributed by atoms with E-state index in [1.54, 1.807) is 24.3 Å². The van der Waals surface area contributed by atoms with Crippen LogP contribution in [-0.2, 0) is 4.79 Å². The Labute approximate surface area is 181 Å². The second kappa shape index (κ2) is 11.6. The fourth-order valence-electron chi connectivity index (χ4n) is 3.06. The van der Waals surface area contributed by atoms with E-state index >= 15 is 0 Å². The lowest BCUT2D eigenvalue weighted by Crippen LogP contribution is -2.22. The van der Waals surface area contributed by atoms with E-state index in [2.05, 4.69) is 6.58 Å². The Kier molecular flexibility index (Phi) is 9.18. The van der Waals surface area contributed by atoms with Crippen LogP contribution in [0.15, 0.2) is 49.1 Å². The molecule has 0 aromatic heterocycles. The summed E-state index contributed by atoms with van der Waals surface area (Å²) in [6.45, 7) is 7.22. The molecule has 0 bridgehead atoms. The van der Waals surface area contributed by atoms with Crippen molar-refractivity contribution < 1.29 is 34.0 Å². The Morgan fingerprint density at radius 3 is 2.45 bits per heavy atom. The van der Waals surface area contributed by atoms with Crippen LogP contribution in [0, 0.1) is 5.82 Å². The first-order chi connectivity index (χ1) is 14.7. The van der Waals surface area contributed by atoms with Gasteiger partial charge in [-0.15, -0.1) is 6.58 Å². The summed E-state index contributed by atoms with van der Waals surface area (Å²) in [5.74, 6) is -0.348. The molecule has 0 spiro atoms. The Bertz CT molecular complexity index is 878. The average Bonchev–Trinajstić information content (AvgIpc) is 2.72. The smallest absolute Gasteiger partial charge is 0.313 e. The maximum Gasteiger partial charge on any atom is 0.313 e. The zero-order valence-corrected chi connectivity index (χ0v) is 17.8. The summed E-state index contributed by atoms with van der Waals surface area (Å²) in [5, 5.41) is 28.7. The molecule has 31 heavy (non-hydrogen) atoms. The van der Waals surface area contributed by atoms with Gasteiger partial charge in [-0.2, -0.15) is 0 Å². The third kappa shape index (κ3) is 7.17. The van der Waals surface area contributed by atoms with E-state index < -0.39 is 24.0 Å². The van der Waals surface area contributed by atoms with Gasteiger partial charge in [-0.05, 0) is 35.7 Å². The number of hydrogen-bond acceptors (Lipinski definition) is 6. The molecule has 2 atom stereocenters. The Morgan fingerprint density at radius 2 is 1.87 bits per heavy atom. The monoisotopic (exact) mass is 432 g/mol. The number of hydrogen-bond donors (Lipinski definition) is 3. The number of esters is 1. The van der Waals surface area contributed by atoms with Crippen LogP contribution in [0.2, 0.25) is 0 Å². The summed E-state index contributed by atoms with van der Waals surface area (Å²) in [6.07, 6.45) is -1.08. The average molecular weight is 432 g/mol. The van der Waals surface area contributed by atoms with Crippen molar-refractivity contribution in [3.8, 4) is 22.6 Å². The van der Waals surface area contributed by atoms with Crippen LogP contribution in [0.1, 0.15) is 38.2 Å². The van der Waals surface area contributed by atoms with Gasteiger partial charge in [0, 0.05) is 17.5 Å². The molecule has 6 nitrogen and oxygen atoms in total. The lowest BCUT2D eigenvalue weighted by atomic mass is 9.95. The molecular weight excluding hydrogens is 403 g/mol. The van der Waals surface area contributed by atoms with Gasteiger partial charge in [-0.1, -0.05) is 32.1 Å². The molecule has 2 aromatic carbocycles. The molecule has 0 saturated carbocycles. The van der Waals surface area contributed by atoms with Gasteiger partial charge in [0.1, 0.15) is 23.9 Å². The molecule has 0 saturated heterocycles. The SMILES string of the molecule is C=CC(O)CC(O)CC(=O)Oc1c(-c2ccc(F)cc2)cc(OCCO)cc1C(C)C. The highest BCUT2D eigenvalue weighted by Gasteiger charge is 2.22. The largest absolute Gasteiger partial charge is 0.491 e. The third-order valence-electron chi connectivity index (χ3n) is 4.63. The van der Waals surface area contributed by atoms with Crippen LogP contribution in [0.3, 0.4) is 0 Å². The zero-order valence-electron chi connectivity index (χ0n) is 17.8. The van der Waals surface area contributed by atoms with Crippen LogP contribution in [0.4, 0.5) is 4.39 Å². The molecule has 0 aliphatic rings. The van der Waals surface area contributed by atoms with Gasteiger partial charge in [-0.3, -0.25) is 4.79 Å². The van der Waals surface area contributed by atoms with E-state index in [9.17, 15) is 19.4 Å². The summed E-state index contributed by atoms with van der Waals surface area (Å²) in [6, 6.07) is 9.13. The van der Waals surface area contributed by atoms with Crippen molar-refractivity contribution in [2.75, 3.05) is 13.2 Å². The van der Waals surface area contributed by atoms with Crippen LogP contribution >= 0.6 is 0 Å². The molecule has 0 heterocycles. The van der Waals surface area contributed by atoms with Gasteiger partial charge < -0.3 is 24.8 Å². The summed E-state index contributed by atoms with van der Waals surface area (Å²) in [5.41, 5.74) is 1.82. The van der Waals surface area contributed by atoms with Gasteiger partial charge in [0.2, 0.25) is 0 Å².